The first-order valence-corrected chi connectivity index (χ1v) is 10.2. The Bertz CT molecular complexity index is 1020. The summed E-state index contributed by atoms with van der Waals surface area (Å²) in [6.45, 7) is 3.81. The van der Waals surface area contributed by atoms with Gasteiger partial charge in [0.1, 0.15) is 12.6 Å². The van der Waals surface area contributed by atoms with Crippen molar-refractivity contribution in [2.75, 3.05) is 13.1 Å². The van der Waals surface area contributed by atoms with Crippen LogP contribution in [0.3, 0.4) is 0 Å². The van der Waals surface area contributed by atoms with Gasteiger partial charge in [-0.1, -0.05) is 59.8 Å². The van der Waals surface area contributed by atoms with Crippen LogP contribution in [0.1, 0.15) is 36.0 Å². The number of amides is 1. The van der Waals surface area contributed by atoms with Gasteiger partial charge >= 0.3 is 0 Å². The molecule has 148 valence electrons. The van der Waals surface area contributed by atoms with Crippen LogP contribution < -0.4 is 0 Å². The van der Waals surface area contributed by atoms with Crippen LogP contribution in [-0.2, 0) is 11.2 Å². The summed E-state index contributed by atoms with van der Waals surface area (Å²) >= 11 is 0. The fraction of sp³-hybridized carbons (Fsp3) is 0.348. The second-order valence-electron chi connectivity index (χ2n) is 7.87. The predicted octanol–water partition coefficient (Wildman–Crippen LogP) is 3.59. The van der Waals surface area contributed by atoms with Gasteiger partial charge in [-0.25, -0.2) is 0 Å². The Labute approximate surface area is 170 Å². The molecule has 2 fully saturated rings. The lowest BCUT2D eigenvalue weighted by molar-refractivity contribution is -0.133. The third kappa shape index (κ3) is 3.34. The highest BCUT2D eigenvalue weighted by Crippen LogP contribution is 2.39. The van der Waals surface area contributed by atoms with E-state index < -0.39 is 0 Å². The van der Waals surface area contributed by atoms with Gasteiger partial charge in [0.25, 0.3) is 0 Å². The van der Waals surface area contributed by atoms with Crippen molar-refractivity contribution in [3.63, 3.8) is 0 Å². The Morgan fingerprint density at radius 1 is 1.14 bits per heavy atom. The summed E-state index contributed by atoms with van der Waals surface area (Å²) in [5, 5.41) is 4.09. The first-order valence-electron chi connectivity index (χ1n) is 10.2. The molecule has 2 unspecified atom stereocenters. The Morgan fingerprint density at radius 2 is 1.93 bits per heavy atom. The van der Waals surface area contributed by atoms with E-state index in [1.165, 1.54) is 6.42 Å². The molecule has 1 amide bonds. The third-order valence-corrected chi connectivity index (χ3v) is 6.01. The van der Waals surface area contributed by atoms with Crippen LogP contribution in [0.25, 0.3) is 11.4 Å². The normalized spacial score (nSPS) is 21.5. The highest BCUT2D eigenvalue weighted by atomic mass is 16.5. The fourth-order valence-electron chi connectivity index (χ4n) is 4.61. The van der Waals surface area contributed by atoms with Crippen LogP contribution in [0.2, 0.25) is 0 Å². The molecular formula is C23H24N4O2. The average molecular weight is 388 g/mol. The summed E-state index contributed by atoms with van der Waals surface area (Å²) in [6.07, 6.45) is 2.46. The molecular weight excluding hydrogens is 364 g/mol. The Kier molecular flexibility index (Phi) is 4.64. The highest BCUT2D eigenvalue weighted by molar-refractivity contribution is 5.79. The van der Waals surface area contributed by atoms with Crippen LogP contribution in [0, 0.1) is 6.92 Å². The number of rotatable bonds is 4. The summed E-state index contributed by atoms with van der Waals surface area (Å²) in [5.74, 6) is 0.938. The molecule has 2 saturated heterocycles. The van der Waals surface area contributed by atoms with Crippen molar-refractivity contribution in [3.05, 3.63) is 71.6 Å². The van der Waals surface area contributed by atoms with Crippen molar-refractivity contribution < 1.29 is 9.32 Å². The van der Waals surface area contributed by atoms with E-state index in [-0.39, 0.29) is 18.5 Å². The van der Waals surface area contributed by atoms with E-state index in [0.29, 0.717) is 17.8 Å². The molecule has 0 bridgehead atoms. The van der Waals surface area contributed by atoms with Crippen molar-refractivity contribution in [1.82, 2.24) is 19.9 Å². The van der Waals surface area contributed by atoms with E-state index >= 15 is 0 Å². The van der Waals surface area contributed by atoms with Gasteiger partial charge in [-0.2, -0.15) is 4.98 Å². The summed E-state index contributed by atoms with van der Waals surface area (Å²) < 4.78 is 5.42. The quantitative estimate of drug-likeness (QED) is 0.683. The molecule has 0 aliphatic carbocycles. The minimum Gasteiger partial charge on any atom is -0.338 e. The number of carbonyl (C=O) groups excluding carboxylic acids is 1. The molecule has 5 rings (SSSR count). The number of aromatic nitrogens is 2. The zero-order valence-electron chi connectivity index (χ0n) is 16.5. The first-order chi connectivity index (χ1) is 14.2. The number of hydrogen-bond acceptors (Lipinski definition) is 5. The van der Waals surface area contributed by atoms with Gasteiger partial charge in [0, 0.05) is 24.7 Å². The van der Waals surface area contributed by atoms with E-state index in [0.717, 1.165) is 36.2 Å². The molecule has 6 heteroatoms. The van der Waals surface area contributed by atoms with Crippen LogP contribution in [0.4, 0.5) is 0 Å². The maximum atomic E-state index is 13.2. The molecule has 2 aliphatic heterocycles. The Hall–Kier alpha value is -2.99. The fourth-order valence-corrected chi connectivity index (χ4v) is 4.61. The highest BCUT2D eigenvalue weighted by Gasteiger charge is 2.44. The first kappa shape index (κ1) is 18.1. The Balaban J connectivity index is 1.37. The zero-order chi connectivity index (χ0) is 19.8. The molecule has 29 heavy (non-hydrogen) atoms. The number of hydrogen-bond donors (Lipinski definition) is 0. The van der Waals surface area contributed by atoms with Gasteiger partial charge in [0.05, 0.1) is 0 Å². The molecule has 2 aliphatic rings. The molecule has 3 aromatic rings. The number of nitrogens with zero attached hydrogens (tertiary/aromatic N) is 4. The predicted molar refractivity (Wildman–Crippen MR) is 109 cm³/mol. The number of carbonyl (C=O) groups is 1. The standard InChI is InChI=1S/C23H24N4O2/c1-16-8-5-6-12-19(16)22-24-20(29-25-22)14-21(28)27-15-18-11-7-13-26(18)23(27)17-9-3-2-4-10-17/h2-6,8-10,12,18,23H,7,11,13-15H2,1H3. The lowest BCUT2D eigenvalue weighted by Gasteiger charge is -2.29. The van der Waals surface area contributed by atoms with Gasteiger partial charge in [-0.3, -0.25) is 9.69 Å². The number of benzene rings is 2. The lowest BCUT2D eigenvalue weighted by atomic mass is 10.1. The van der Waals surface area contributed by atoms with Gasteiger partial charge < -0.3 is 9.42 Å². The molecule has 2 aromatic carbocycles. The van der Waals surface area contributed by atoms with Crippen LogP contribution in [0.15, 0.2) is 59.1 Å². The summed E-state index contributed by atoms with van der Waals surface area (Å²) in [6, 6.07) is 18.6. The molecule has 2 atom stereocenters. The lowest BCUT2D eigenvalue weighted by Crippen LogP contribution is -2.36. The van der Waals surface area contributed by atoms with E-state index in [4.69, 9.17) is 4.52 Å². The molecule has 0 spiro atoms. The minimum absolute atomic E-state index is 0.00467. The summed E-state index contributed by atoms with van der Waals surface area (Å²) in [5.41, 5.74) is 3.17. The number of aryl methyl sites for hydroxylation is 1. The summed E-state index contributed by atoms with van der Waals surface area (Å²) in [4.78, 5) is 22.1. The van der Waals surface area contributed by atoms with Crippen LogP contribution in [0.5, 0.6) is 0 Å². The maximum absolute atomic E-state index is 13.2. The largest absolute Gasteiger partial charge is 0.338 e. The second-order valence-corrected chi connectivity index (χ2v) is 7.87. The molecule has 0 radical (unpaired) electrons. The van der Waals surface area contributed by atoms with Gasteiger partial charge in [0.15, 0.2) is 0 Å². The smallest absolute Gasteiger partial charge is 0.236 e. The molecule has 0 N–H and O–H groups in total. The number of fused-ring (bicyclic) bond motifs is 1. The van der Waals surface area contributed by atoms with Crippen LogP contribution in [-0.4, -0.2) is 45.0 Å². The van der Waals surface area contributed by atoms with Gasteiger partial charge in [-0.15, -0.1) is 0 Å². The van der Waals surface area contributed by atoms with Crippen molar-refractivity contribution in [2.45, 2.75) is 38.4 Å². The van der Waals surface area contributed by atoms with E-state index in [1.54, 1.807) is 0 Å². The van der Waals surface area contributed by atoms with Gasteiger partial charge in [0.2, 0.25) is 17.6 Å². The topological polar surface area (TPSA) is 62.5 Å². The average Bonchev–Trinajstić information content (AvgIpc) is 3.45. The zero-order valence-corrected chi connectivity index (χ0v) is 16.5. The molecule has 0 saturated carbocycles. The minimum atomic E-state index is -0.00467. The van der Waals surface area contributed by atoms with Crippen molar-refractivity contribution in [3.8, 4) is 11.4 Å². The van der Waals surface area contributed by atoms with E-state index in [1.807, 2.05) is 54.3 Å². The molecule has 3 heterocycles. The van der Waals surface area contributed by atoms with E-state index in [2.05, 4.69) is 27.2 Å². The second kappa shape index (κ2) is 7.44. The molecule has 6 nitrogen and oxygen atoms in total. The SMILES string of the molecule is Cc1ccccc1-c1noc(CC(=O)N2CC3CCCN3C2c2ccccc2)n1. The van der Waals surface area contributed by atoms with Crippen LogP contribution >= 0.6 is 0 Å². The van der Waals surface area contributed by atoms with Crippen molar-refractivity contribution >= 4 is 5.91 Å². The molecule has 1 aromatic heterocycles. The Morgan fingerprint density at radius 3 is 2.76 bits per heavy atom. The van der Waals surface area contributed by atoms with Crippen molar-refractivity contribution in [1.29, 1.82) is 0 Å². The van der Waals surface area contributed by atoms with E-state index in [9.17, 15) is 4.79 Å². The van der Waals surface area contributed by atoms with Gasteiger partial charge in [-0.05, 0) is 30.9 Å². The maximum Gasteiger partial charge on any atom is 0.236 e. The summed E-state index contributed by atoms with van der Waals surface area (Å²) in [7, 11) is 0. The third-order valence-electron chi connectivity index (χ3n) is 6.01. The van der Waals surface area contributed by atoms with Crippen molar-refractivity contribution in [2.24, 2.45) is 0 Å². The monoisotopic (exact) mass is 388 g/mol.